The maximum absolute atomic E-state index is 14.1. The van der Waals surface area contributed by atoms with E-state index in [1.165, 1.54) is 18.2 Å². The molecule has 31 heavy (non-hydrogen) atoms. The van der Waals surface area contributed by atoms with Gasteiger partial charge in [0.1, 0.15) is 29.7 Å². The molecule has 3 aromatic rings. The number of furan rings is 1. The molecule has 0 saturated heterocycles. The van der Waals surface area contributed by atoms with Crippen molar-refractivity contribution in [3.8, 4) is 17.1 Å². The van der Waals surface area contributed by atoms with E-state index in [-0.39, 0.29) is 17.2 Å². The van der Waals surface area contributed by atoms with Gasteiger partial charge in [-0.1, -0.05) is 32.9 Å². The first-order chi connectivity index (χ1) is 14.4. The van der Waals surface area contributed by atoms with Gasteiger partial charge in [0.2, 0.25) is 0 Å². The summed E-state index contributed by atoms with van der Waals surface area (Å²) in [7, 11) is 0. The van der Waals surface area contributed by atoms with Crippen LogP contribution in [0.3, 0.4) is 0 Å². The minimum absolute atomic E-state index is 0.0198. The molecule has 0 radical (unpaired) electrons. The van der Waals surface area contributed by atoms with E-state index in [0.717, 1.165) is 17.7 Å². The van der Waals surface area contributed by atoms with Gasteiger partial charge in [-0.15, -0.1) is 0 Å². The Morgan fingerprint density at radius 1 is 0.935 bits per heavy atom. The summed E-state index contributed by atoms with van der Waals surface area (Å²) >= 11 is 1.65. The molecule has 0 aliphatic rings. The molecular formula is C24H24F4O2S. The third kappa shape index (κ3) is 6.29. The van der Waals surface area contributed by atoms with Crippen LogP contribution in [0.2, 0.25) is 0 Å². The molecule has 166 valence electrons. The molecule has 1 heterocycles. The van der Waals surface area contributed by atoms with Gasteiger partial charge in [0.05, 0.1) is 5.56 Å². The van der Waals surface area contributed by atoms with Crippen molar-refractivity contribution in [1.82, 2.24) is 0 Å². The lowest BCUT2D eigenvalue weighted by atomic mass is 10.1. The Labute approximate surface area is 183 Å². The van der Waals surface area contributed by atoms with Crippen LogP contribution in [0.15, 0.2) is 52.9 Å². The van der Waals surface area contributed by atoms with E-state index in [0.29, 0.717) is 34.1 Å². The van der Waals surface area contributed by atoms with Crippen LogP contribution < -0.4 is 4.74 Å². The van der Waals surface area contributed by atoms with Crippen molar-refractivity contribution in [2.24, 2.45) is 0 Å². The quantitative estimate of drug-likeness (QED) is 0.354. The highest BCUT2D eigenvalue weighted by molar-refractivity contribution is 7.99. The Hall–Kier alpha value is -2.41. The highest BCUT2D eigenvalue weighted by atomic mass is 32.2. The number of halogens is 4. The maximum Gasteiger partial charge on any atom is 0.416 e. The largest absolute Gasteiger partial charge is 0.489 e. The van der Waals surface area contributed by atoms with Crippen LogP contribution in [-0.4, -0.2) is 4.75 Å². The van der Waals surface area contributed by atoms with E-state index in [9.17, 15) is 17.6 Å². The smallest absolute Gasteiger partial charge is 0.416 e. The van der Waals surface area contributed by atoms with Gasteiger partial charge in [0.25, 0.3) is 0 Å². The number of rotatable bonds is 6. The van der Waals surface area contributed by atoms with E-state index in [2.05, 4.69) is 20.8 Å². The SMILES string of the molecule is Cc1oc(-c2ccc(C(F)(F)F)cc2)cc1COc1ccc(F)c(CSC(C)(C)C)c1. The molecule has 3 rings (SSSR count). The molecule has 1 aromatic heterocycles. The van der Waals surface area contributed by atoms with Gasteiger partial charge in [0.15, 0.2) is 0 Å². The standard InChI is InChI=1S/C24H24F4O2S/c1-15-17(12-22(30-15)16-5-7-19(8-6-16)24(26,27)28)13-29-20-9-10-21(25)18(11-20)14-31-23(2,3)4/h5-12H,13-14H2,1-4H3. The van der Waals surface area contributed by atoms with Crippen molar-refractivity contribution < 1.29 is 26.7 Å². The molecule has 0 aliphatic carbocycles. The predicted octanol–water partition coefficient (Wildman–Crippen LogP) is 8.02. The second-order valence-electron chi connectivity index (χ2n) is 8.21. The Morgan fingerprint density at radius 2 is 1.61 bits per heavy atom. The summed E-state index contributed by atoms with van der Waals surface area (Å²) in [6, 6.07) is 11.2. The predicted molar refractivity (Wildman–Crippen MR) is 116 cm³/mol. The third-order valence-corrected chi connectivity index (χ3v) is 5.91. The first-order valence-electron chi connectivity index (χ1n) is 9.74. The van der Waals surface area contributed by atoms with Gasteiger partial charge in [-0.25, -0.2) is 4.39 Å². The lowest BCUT2D eigenvalue weighted by Gasteiger charge is -2.18. The molecule has 2 aromatic carbocycles. The summed E-state index contributed by atoms with van der Waals surface area (Å²) in [5, 5.41) is 0. The fourth-order valence-electron chi connectivity index (χ4n) is 2.84. The number of hydrogen-bond donors (Lipinski definition) is 0. The zero-order valence-electron chi connectivity index (χ0n) is 17.8. The van der Waals surface area contributed by atoms with Gasteiger partial charge >= 0.3 is 6.18 Å². The van der Waals surface area contributed by atoms with Crippen LogP contribution in [0.5, 0.6) is 5.75 Å². The second-order valence-corrected chi connectivity index (χ2v) is 10.0. The number of benzene rings is 2. The summed E-state index contributed by atoms with van der Waals surface area (Å²) < 4.78 is 63.9. The van der Waals surface area contributed by atoms with E-state index < -0.39 is 11.7 Å². The van der Waals surface area contributed by atoms with Gasteiger partial charge in [0, 0.05) is 27.2 Å². The molecule has 0 fully saturated rings. The number of thioether (sulfide) groups is 1. The van der Waals surface area contributed by atoms with E-state index in [1.807, 2.05) is 0 Å². The van der Waals surface area contributed by atoms with Crippen LogP contribution in [0.25, 0.3) is 11.3 Å². The zero-order valence-corrected chi connectivity index (χ0v) is 18.6. The minimum atomic E-state index is -4.38. The van der Waals surface area contributed by atoms with Crippen molar-refractivity contribution in [2.75, 3.05) is 0 Å². The van der Waals surface area contributed by atoms with Crippen LogP contribution in [0.1, 0.15) is 43.2 Å². The Balaban J connectivity index is 1.70. The van der Waals surface area contributed by atoms with Gasteiger partial charge < -0.3 is 9.15 Å². The summed E-state index contributed by atoms with van der Waals surface area (Å²) in [4.78, 5) is 0. The first kappa shape index (κ1) is 23.3. The highest BCUT2D eigenvalue weighted by Crippen LogP contribution is 2.33. The summed E-state index contributed by atoms with van der Waals surface area (Å²) in [5.41, 5.74) is 1.18. The number of hydrogen-bond acceptors (Lipinski definition) is 3. The third-order valence-electron chi connectivity index (χ3n) is 4.59. The molecule has 0 atom stereocenters. The number of aryl methyl sites for hydroxylation is 1. The molecule has 0 aliphatic heterocycles. The van der Waals surface area contributed by atoms with Gasteiger partial charge in [-0.3, -0.25) is 0 Å². The van der Waals surface area contributed by atoms with Crippen molar-refractivity contribution in [3.63, 3.8) is 0 Å². The van der Waals surface area contributed by atoms with Crippen molar-refractivity contribution in [3.05, 3.63) is 76.8 Å². The molecule has 2 nitrogen and oxygen atoms in total. The molecule has 0 saturated carbocycles. The van der Waals surface area contributed by atoms with Crippen LogP contribution in [-0.2, 0) is 18.5 Å². The van der Waals surface area contributed by atoms with Gasteiger partial charge in [-0.05, 0) is 43.3 Å². The molecule has 0 amide bonds. The van der Waals surface area contributed by atoms with E-state index in [1.54, 1.807) is 36.9 Å². The average molecular weight is 453 g/mol. The molecule has 7 heteroatoms. The first-order valence-corrected chi connectivity index (χ1v) is 10.7. The van der Waals surface area contributed by atoms with E-state index >= 15 is 0 Å². The monoisotopic (exact) mass is 452 g/mol. The lowest BCUT2D eigenvalue weighted by Crippen LogP contribution is -2.08. The van der Waals surface area contributed by atoms with Gasteiger partial charge in [-0.2, -0.15) is 24.9 Å². The molecule has 0 bridgehead atoms. The Morgan fingerprint density at radius 3 is 2.23 bits per heavy atom. The zero-order chi connectivity index (χ0) is 22.8. The van der Waals surface area contributed by atoms with E-state index in [4.69, 9.17) is 9.15 Å². The summed E-state index contributed by atoms with van der Waals surface area (Å²) in [6.45, 7) is 8.19. The molecule has 0 N–H and O–H groups in total. The summed E-state index contributed by atoms with van der Waals surface area (Å²) in [6.07, 6.45) is -4.38. The number of ether oxygens (including phenoxy) is 1. The molecular weight excluding hydrogens is 428 g/mol. The maximum atomic E-state index is 14.1. The fourth-order valence-corrected chi connectivity index (χ4v) is 3.65. The van der Waals surface area contributed by atoms with Crippen molar-refractivity contribution >= 4 is 11.8 Å². The number of alkyl halides is 3. The normalized spacial score (nSPS) is 12.3. The summed E-state index contributed by atoms with van der Waals surface area (Å²) in [5.74, 6) is 1.89. The molecule has 0 unspecified atom stereocenters. The Bertz CT molecular complexity index is 1030. The highest BCUT2D eigenvalue weighted by Gasteiger charge is 2.30. The van der Waals surface area contributed by atoms with Crippen molar-refractivity contribution in [1.29, 1.82) is 0 Å². The fraction of sp³-hybridized carbons (Fsp3) is 0.333. The lowest BCUT2D eigenvalue weighted by molar-refractivity contribution is -0.137. The van der Waals surface area contributed by atoms with Crippen LogP contribution in [0.4, 0.5) is 17.6 Å². The Kier molecular flexibility index (Phi) is 6.74. The van der Waals surface area contributed by atoms with Crippen molar-refractivity contribution in [2.45, 2.75) is 51.0 Å². The second kappa shape index (κ2) is 8.99. The van der Waals surface area contributed by atoms with Crippen LogP contribution in [0, 0.1) is 12.7 Å². The average Bonchev–Trinajstić information content (AvgIpc) is 3.06. The minimum Gasteiger partial charge on any atom is -0.489 e. The van der Waals surface area contributed by atoms with Crippen LogP contribution >= 0.6 is 11.8 Å². The topological polar surface area (TPSA) is 22.4 Å². The molecule has 0 spiro atoms.